The van der Waals surface area contributed by atoms with E-state index in [1.165, 1.54) is 6.07 Å². The van der Waals surface area contributed by atoms with Crippen LogP contribution in [0.4, 0.5) is 0 Å². The van der Waals surface area contributed by atoms with Crippen molar-refractivity contribution in [1.29, 1.82) is 0 Å². The normalized spacial score (nSPS) is 14.2. The van der Waals surface area contributed by atoms with E-state index in [0.717, 1.165) is 23.4 Å². The van der Waals surface area contributed by atoms with Crippen molar-refractivity contribution in [2.45, 2.75) is 19.5 Å². The highest BCUT2D eigenvalue weighted by Gasteiger charge is 2.22. The molecule has 2 aromatic heterocycles. The lowest BCUT2D eigenvalue weighted by Crippen LogP contribution is -2.35. The number of nitrogens with zero attached hydrogens (tertiary/aromatic N) is 3. The number of aromatic nitrogens is 3. The van der Waals surface area contributed by atoms with Gasteiger partial charge in [-0.1, -0.05) is 0 Å². The van der Waals surface area contributed by atoms with Gasteiger partial charge in [0.1, 0.15) is 17.3 Å². The van der Waals surface area contributed by atoms with Crippen molar-refractivity contribution in [3.8, 4) is 22.9 Å². The number of fused-ring (bicyclic) bond motifs is 1. The van der Waals surface area contributed by atoms with Crippen LogP contribution in [0.1, 0.15) is 16.8 Å². The summed E-state index contributed by atoms with van der Waals surface area (Å²) < 4.78 is 0. The van der Waals surface area contributed by atoms with E-state index >= 15 is 0 Å². The monoisotopic (exact) mass is 350 g/mol. The SMILES string of the molecule is O=c1[nH]c(-c2cccnc2)nc2c1CN(Cc1cc(O)cc(O)c1)CC2. The van der Waals surface area contributed by atoms with Gasteiger partial charge in [-0.25, -0.2) is 4.98 Å². The molecule has 1 aliphatic rings. The first-order valence-electron chi connectivity index (χ1n) is 8.35. The van der Waals surface area contributed by atoms with E-state index in [1.807, 2.05) is 6.07 Å². The predicted molar refractivity (Wildman–Crippen MR) is 95.7 cm³/mol. The molecule has 0 saturated carbocycles. The molecule has 0 spiro atoms. The van der Waals surface area contributed by atoms with E-state index in [1.54, 1.807) is 30.6 Å². The lowest BCUT2D eigenvalue weighted by Gasteiger charge is -2.27. The molecule has 0 saturated heterocycles. The number of H-pyrrole nitrogens is 1. The number of hydrogen-bond acceptors (Lipinski definition) is 6. The Hall–Kier alpha value is -3.19. The first-order valence-corrected chi connectivity index (χ1v) is 8.35. The molecule has 0 unspecified atom stereocenters. The Balaban J connectivity index is 1.58. The van der Waals surface area contributed by atoms with Crippen LogP contribution in [0.15, 0.2) is 47.5 Å². The second kappa shape index (κ2) is 6.61. The molecule has 132 valence electrons. The van der Waals surface area contributed by atoms with E-state index in [2.05, 4.69) is 19.9 Å². The molecule has 0 radical (unpaired) electrons. The second-order valence-corrected chi connectivity index (χ2v) is 6.40. The summed E-state index contributed by atoms with van der Waals surface area (Å²) in [5.74, 6) is 0.587. The van der Waals surface area contributed by atoms with E-state index in [9.17, 15) is 15.0 Å². The van der Waals surface area contributed by atoms with Crippen LogP contribution in [0.3, 0.4) is 0 Å². The van der Waals surface area contributed by atoms with Gasteiger partial charge in [0.25, 0.3) is 5.56 Å². The Kier molecular flexibility index (Phi) is 4.14. The maximum absolute atomic E-state index is 12.5. The van der Waals surface area contributed by atoms with Crippen LogP contribution in [0, 0.1) is 0 Å². The third-order valence-corrected chi connectivity index (χ3v) is 4.45. The Morgan fingerprint density at radius 2 is 2.00 bits per heavy atom. The molecule has 3 N–H and O–H groups in total. The average Bonchev–Trinajstić information content (AvgIpc) is 2.62. The van der Waals surface area contributed by atoms with E-state index < -0.39 is 0 Å². The van der Waals surface area contributed by atoms with Crippen molar-refractivity contribution >= 4 is 0 Å². The molecule has 0 fully saturated rings. The minimum absolute atomic E-state index is 0.0260. The summed E-state index contributed by atoms with van der Waals surface area (Å²) in [5, 5.41) is 19.2. The molecule has 26 heavy (non-hydrogen) atoms. The molecule has 1 aromatic carbocycles. The molecule has 3 heterocycles. The molecule has 0 amide bonds. The summed E-state index contributed by atoms with van der Waals surface area (Å²) in [5.41, 5.74) is 2.90. The van der Waals surface area contributed by atoms with Crippen LogP contribution in [-0.2, 0) is 19.5 Å². The standard InChI is InChI=1S/C19H18N4O3/c24-14-6-12(7-15(25)8-14)10-23-5-3-17-16(11-23)19(26)22-18(21-17)13-2-1-4-20-9-13/h1-2,4,6-9,24-25H,3,5,10-11H2,(H,21,22,26). The number of benzene rings is 1. The third kappa shape index (κ3) is 3.29. The highest BCUT2D eigenvalue weighted by molar-refractivity contribution is 5.53. The number of aromatic hydroxyl groups is 2. The summed E-state index contributed by atoms with van der Waals surface area (Å²) >= 11 is 0. The summed E-state index contributed by atoms with van der Waals surface area (Å²) in [6, 6.07) is 8.19. The van der Waals surface area contributed by atoms with Crippen molar-refractivity contribution in [1.82, 2.24) is 19.9 Å². The zero-order valence-electron chi connectivity index (χ0n) is 14.0. The molecule has 4 rings (SSSR count). The topological polar surface area (TPSA) is 102 Å². The Labute approximate surface area is 149 Å². The van der Waals surface area contributed by atoms with Crippen LogP contribution >= 0.6 is 0 Å². The molecular weight excluding hydrogens is 332 g/mol. The van der Waals surface area contributed by atoms with Gasteiger partial charge in [-0.15, -0.1) is 0 Å². The highest BCUT2D eigenvalue weighted by Crippen LogP contribution is 2.24. The Morgan fingerprint density at radius 1 is 1.19 bits per heavy atom. The number of pyridine rings is 1. The fraction of sp³-hybridized carbons (Fsp3) is 0.211. The van der Waals surface area contributed by atoms with E-state index in [4.69, 9.17) is 0 Å². The van der Waals surface area contributed by atoms with Gasteiger partial charge in [0.15, 0.2) is 0 Å². The van der Waals surface area contributed by atoms with Gasteiger partial charge < -0.3 is 15.2 Å². The number of nitrogens with one attached hydrogen (secondary N) is 1. The number of hydrogen-bond donors (Lipinski definition) is 3. The van der Waals surface area contributed by atoms with Crippen molar-refractivity contribution in [3.63, 3.8) is 0 Å². The zero-order chi connectivity index (χ0) is 18.1. The van der Waals surface area contributed by atoms with Crippen LogP contribution in [-0.4, -0.2) is 36.6 Å². The second-order valence-electron chi connectivity index (χ2n) is 6.40. The summed E-state index contributed by atoms with van der Waals surface area (Å²) in [6.07, 6.45) is 4.02. The maximum Gasteiger partial charge on any atom is 0.255 e. The Morgan fingerprint density at radius 3 is 2.73 bits per heavy atom. The number of phenolic OH excluding ortho intramolecular Hbond substituents is 2. The van der Waals surface area contributed by atoms with Crippen molar-refractivity contribution in [2.24, 2.45) is 0 Å². The smallest absolute Gasteiger partial charge is 0.255 e. The average molecular weight is 350 g/mol. The number of rotatable bonds is 3. The molecule has 0 bridgehead atoms. The Bertz CT molecular complexity index is 981. The van der Waals surface area contributed by atoms with Crippen molar-refractivity contribution < 1.29 is 10.2 Å². The quantitative estimate of drug-likeness (QED) is 0.666. The van der Waals surface area contributed by atoms with Gasteiger partial charge >= 0.3 is 0 Å². The molecule has 0 atom stereocenters. The van der Waals surface area contributed by atoms with Crippen LogP contribution in [0.25, 0.3) is 11.4 Å². The molecular formula is C19H18N4O3. The fourth-order valence-electron chi connectivity index (χ4n) is 3.26. The van der Waals surface area contributed by atoms with Gasteiger partial charge in [-0.2, -0.15) is 0 Å². The van der Waals surface area contributed by atoms with E-state index in [-0.39, 0.29) is 17.1 Å². The van der Waals surface area contributed by atoms with Gasteiger partial charge in [0.05, 0.1) is 11.3 Å². The fourth-order valence-corrected chi connectivity index (χ4v) is 3.26. The first kappa shape index (κ1) is 16.3. The van der Waals surface area contributed by atoms with Crippen molar-refractivity contribution in [2.75, 3.05) is 6.54 Å². The molecule has 7 nitrogen and oxygen atoms in total. The van der Waals surface area contributed by atoms with Gasteiger partial charge in [-0.3, -0.25) is 14.7 Å². The highest BCUT2D eigenvalue weighted by atomic mass is 16.3. The molecule has 3 aromatic rings. The first-order chi connectivity index (χ1) is 12.6. The van der Waals surface area contributed by atoms with Gasteiger partial charge in [0.2, 0.25) is 0 Å². The number of aromatic amines is 1. The lowest BCUT2D eigenvalue weighted by atomic mass is 10.1. The van der Waals surface area contributed by atoms with E-state index in [0.29, 0.717) is 30.9 Å². The molecule has 1 aliphatic heterocycles. The van der Waals surface area contributed by atoms with Crippen molar-refractivity contribution in [3.05, 3.63) is 69.9 Å². The minimum atomic E-state index is -0.141. The minimum Gasteiger partial charge on any atom is -0.508 e. The zero-order valence-corrected chi connectivity index (χ0v) is 14.0. The van der Waals surface area contributed by atoms with Crippen LogP contribution in [0.2, 0.25) is 0 Å². The van der Waals surface area contributed by atoms with Crippen LogP contribution in [0.5, 0.6) is 11.5 Å². The lowest BCUT2D eigenvalue weighted by molar-refractivity contribution is 0.241. The third-order valence-electron chi connectivity index (χ3n) is 4.45. The summed E-state index contributed by atoms with van der Waals surface area (Å²) in [6.45, 7) is 1.75. The van der Waals surface area contributed by atoms with Gasteiger partial charge in [-0.05, 0) is 29.8 Å². The summed E-state index contributed by atoms with van der Waals surface area (Å²) in [4.78, 5) is 26.2. The maximum atomic E-state index is 12.5. The molecule has 7 heteroatoms. The largest absolute Gasteiger partial charge is 0.508 e. The van der Waals surface area contributed by atoms with Gasteiger partial charge in [0, 0.05) is 50.1 Å². The number of phenols is 2. The summed E-state index contributed by atoms with van der Waals surface area (Å²) in [7, 11) is 0. The predicted octanol–water partition coefficient (Wildman–Crippen LogP) is 1.80. The van der Waals surface area contributed by atoms with Crippen LogP contribution < -0.4 is 5.56 Å². The molecule has 0 aliphatic carbocycles.